The number of likely N-dealkylation sites (tertiary alicyclic amines) is 1. The molecule has 4 aromatic carbocycles. The highest BCUT2D eigenvalue weighted by Gasteiger charge is 2.13. The number of ether oxygens (including phenoxy) is 1. The first-order valence-corrected chi connectivity index (χ1v) is 11.6. The Balaban J connectivity index is 1.40. The van der Waals surface area contributed by atoms with Gasteiger partial charge in [0.15, 0.2) is 0 Å². The van der Waals surface area contributed by atoms with Gasteiger partial charge in [-0.25, -0.2) is 0 Å². The van der Waals surface area contributed by atoms with Gasteiger partial charge in [0.1, 0.15) is 23.9 Å². The molecule has 1 aliphatic heterocycles. The van der Waals surface area contributed by atoms with Gasteiger partial charge in [-0.15, -0.1) is 0 Å². The van der Waals surface area contributed by atoms with Gasteiger partial charge in [0.2, 0.25) is 0 Å². The molecule has 0 aliphatic carbocycles. The van der Waals surface area contributed by atoms with Gasteiger partial charge in [0, 0.05) is 6.54 Å². The fourth-order valence-corrected chi connectivity index (χ4v) is 4.69. The van der Waals surface area contributed by atoms with Gasteiger partial charge in [-0.3, -0.25) is 4.90 Å². The summed E-state index contributed by atoms with van der Waals surface area (Å²) in [7, 11) is 0. The molecule has 4 aromatic rings. The molecule has 1 saturated heterocycles. The molecule has 1 aliphatic rings. The summed E-state index contributed by atoms with van der Waals surface area (Å²) in [5.41, 5.74) is 4.57. The van der Waals surface area contributed by atoms with Crippen molar-refractivity contribution in [1.82, 2.24) is 4.90 Å². The zero-order valence-electron chi connectivity index (χ0n) is 18.7. The lowest BCUT2D eigenvalue weighted by Gasteiger charge is -2.16. The predicted octanol–water partition coefficient (Wildman–Crippen LogP) is 5.98. The number of nitrogens with zero attached hydrogens (tertiary/aromatic N) is 1. The molecule has 168 valence electrons. The molecule has 2 N–H and O–H groups in total. The van der Waals surface area contributed by atoms with Crippen molar-refractivity contribution < 1.29 is 14.9 Å². The van der Waals surface area contributed by atoms with E-state index >= 15 is 0 Å². The van der Waals surface area contributed by atoms with Crippen LogP contribution in [0.1, 0.15) is 24.0 Å². The van der Waals surface area contributed by atoms with E-state index in [4.69, 9.17) is 4.74 Å². The third kappa shape index (κ3) is 4.96. The van der Waals surface area contributed by atoms with Crippen LogP contribution < -0.4 is 4.74 Å². The van der Waals surface area contributed by atoms with Gasteiger partial charge in [-0.1, -0.05) is 42.5 Å². The van der Waals surface area contributed by atoms with Crippen LogP contribution in [0.4, 0.5) is 0 Å². The molecule has 4 nitrogen and oxygen atoms in total. The first kappa shape index (κ1) is 21.4. The third-order valence-corrected chi connectivity index (χ3v) is 6.47. The zero-order valence-corrected chi connectivity index (χ0v) is 18.7. The third-order valence-electron chi connectivity index (χ3n) is 6.47. The molecule has 0 unspecified atom stereocenters. The van der Waals surface area contributed by atoms with E-state index in [0.717, 1.165) is 47.2 Å². The second kappa shape index (κ2) is 9.55. The van der Waals surface area contributed by atoms with Gasteiger partial charge >= 0.3 is 0 Å². The Hall–Kier alpha value is -3.50. The lowest BCUT2D eigenvalue weighted by molar-refractivity contribution is 0.238. The van der Waals surface area contributed by atoms with E-state index in [-0.39, 0.29) is 11.5 Å². The van der Waals surface area contributed by atoms with Crippen molar-refractivity contribution in [3.8, 4) is 28.4 Å². The smallest absolute Gasteiger partial charge is 0.119 e. The van der Waals surface area contributed by atoms with Crippen LogP contribution in [0, 0.1) is 0 Å². The molecule has 5 rings (SSSR count). The highest BCUT2D eigenvalue weighted by molar-refractivity contribution is 5.93. The van der Waals surface area contributed by atoms with Gasteiger partial charge in [-0.05, 0) is 102 Å². The molecule has 0 saturated carbocycles. The molecule has 0 bridgehead atoms. The zero-order chi connectivity index (χ0) is 22.6. The first-order chi connectivity index (χ1) is 16.2. The van der Waals surface area contributed by atoms with Crippen LogP contribution in [0.5, 0.6) is 17.2 Å². The van der Waals surface area contributed by atoms with E-state index in [0.29, 0.717) is 0 Å². The van der Waals surface area contributed by atoms with Crippen molar-refractivity contribution in [1.29, 1.82) is 0 Å². The Morgan fingerprint density at radius 2 is 1.48 bits per heavy atom. The Bertz CT molecular complexity index is 1230. The summed E-state index contributed by atoms with van der Waals surface area (Å²) in [5, 5.41) is 21.8. The normalized spacial score (nSPS) is 14.1. The lowest BCUT2D eigenvalue weighted by atomic mass is 9.90. The predicted molar refractivity (Wildman–Crippen MR) is 133 cm³/mol. The van der Waals surface area contributed by atoms with E-state index < -0.39 is 0 Å². The maximum absolute atomic E-state index is 9.95. The number of hydrogen-bond donors (Lipinski definition) is 2. The van der Waals surface area contributed by atoms with E-state index in [2.05, 4.69) is 35.2 Å². The largest absolute Gasteiger partial charge is 0.508 e. The van der Waals surface area contributed by atoms with Crippen molar-refractivity contribution in [2.75, 3.05) is 26.2 Å². The number of benzene rings is 4. The fourth-order valence-electron chi connectivity index (χ4n) is 4.69. The monoisotopic (exact) mass is 439 g/mol. The standard InChI is InChI=1S/C29H29NO3/c31-24-8-5-22(6-9-24)27-13-7-23-20-25(32)10-14-28(23)29(27)19-21-3-11-26(12-4-21)33-18-17-30-15-1-2-16-30/h3-14,20,31-32H,1-2,15-19H2. The molecule has 0 amide bonds. The number of fused-ring (bicyclic) bond motifs is 1. The van der Waals surface area contributed by atoms with Crippen molar-refractivity contribution in [2.24, 2.45) is 0 Å². The summed E-state index contributed by atoms with van der Waals surface area (Å²) in [4.78, 5) is 2.46. The van der Waals surface area contributed by atoms with Crippen LogP contribution >= 0.6 is 0 Å². The molecule has 0 aromatic heterocycles. The van der Waals surface area contributed by atoms with Gasteiger partial charge in [-0.2, -0.15) is 0 Å². The second-order valence-corrected chi connectivity index (χ2v) is 8.76. The summed E-state index contributed by atoms with van der Waals surface area (Å²) in [6.07, 6.45) is 3.36. The van der Waals surface area contributed by atoms with Gasteiger partial charge < -0.3 is 14.9 Å². The summed E-state index contributed by atoms with van der Waals surface area (Å²) in [6.45, 7) is 4.08. The second-order valence-electron chi connectivity index (χ2n) is 8.76. The Morgan fingerprint density at radius 3 is 2.24 bits per heavy atom. The van der Waals surface area contributed by atoms with E-state index in [1.54, 1.807) is 24.3 Å². The van der Waals surface area contributed by atoms with E-state index in [1.807, 2.05) is 24.3 Å². The highest BCUT2D eigenvalue weighted by atomic mass is 16.5. The first-order valence-electron chi connectivity index (χ1n) is 11.6. The highest BCUT2D eigenvalue weighted by Crippen LogP contribution is 2.34. The molecule has 0 radical (unpaired) electrons. The number of hydrogen-bond acceptors (Lipinski definition) is 4. The van der Waals surface area contributed by atoms with Crippen LogP contribution in [-0.2, 0) is 6.42 Å². The summed E-state index contributed by atoms with van der Waals surface area (Å²) < 4.78 is 5.97. The van der Waals surface area contributed by atoms with Gasteiger partial charge in [0.05, 0.1) is 0 Å². The summed E-state index contributed by atoms with van der Waals surface area (Å²) in [6, 6.07) is 25.3. The van der Waals surface area contributed by atoms with E-state index in [1.165, 1.54) is 37.1 Å². The Kier molecular flexibility index (Phi) is 6.18. The van der Waals surface area contributed by atoms with Crippen LogP contribution in [0.3, 0.4) is 0 Å². The Labute approximate surface area is 194 Å². The summed E-state index contributed by atoms with van der Waals surface area (Å²) in [5.74, 6) is 1.42. The van der Waals surface area contributed by atoms with Crippen molar-refractivity contribution >= 4 is 10.8 Å². The van der Waals surface area contributed by atoms with Crippen LogP contribution in [0.15, 0.2) is 78.9 Å². The van der Waals surface area contributed by atoms with Crippen molar-refractivity contribution in [3.63, 3.8) is 0 Å². The number of phenolic OH excluding ortho intramolecular Hbond substituents is 2. The average molecular weight is 440 g/mol. The molecule has 0 spiro atoms. The maximum Gasteiger partial charge on any atom is 0.119 e. The number of rotatable bonds is 7. The van der Waals surface area contributed by atoms with Crippen LogP contribution in [-0.4, -0.2) is 41.4 Å². The SMILES string of the molecule is Oc1ccc(-c2ccc3cc(O)ccc3c2Cc2ccc(OCCN3CCCC3)cc2)cc1. The lowest BCUT2D eigenvalue weighted by Crippen LogP contribution is -2.25. The molecular formula is C29H29NO3. The minimum Gasteiger partial charge on any atom is -0.508 e. The number of aromatic hydroxyl groups is 2. The molecule has 1 fully saturated rings. The average Bonchev–Trinajstić information content (AvgIpc) is 3.34. The molecule has 4 heteroatoms. The quantitative estimate of drug-likeness (QED) is 0.372. The maximum atomic E-state index is 9.95. The minimum absolute atomic E-state index is 0.256. The Morgan fingerprint density at radius 1 is 0.758 bits per heavy atom. The number of phenols is 2. The molecule has 1 heterocycles. The van der Waals surface area contributed by atoms with E-state index in [9.17, 15) is 10.2 Å². The summed E-state index contributed by atoms with van der Waals surface area (Å²) >= 11 is 0. The van der Waals surface area contributed by atoms with Crippen molar-refractivity contribution in [3.05, 3.63) is 90.0 Å². The molecule has 33 heavy (non-hydrogen) atoms. The minimum atomic E-state index is 0.256. The van der Waals surface area contributed by atoms with Gasteiger partial charge in [0.25, 0.3) is 0 Å². The fraction of sp³-hybridized carbons (Fsp3) is 0.241. The van der Waals surface area contributed by atoms with Crippen LogP contribution in [0.2, 0.25) is 0 Å². The van der Waals surface area contributed by atoms with Crippen molar-refractivity contribution in [2.45, 2.75) is 19.3 Å². The molecule has 0 atom stereocenters. The van der Waals surface area contributed by atoms with Crippen LogP contribution in [0.25, 0.3) is 21.9 Å². The topological polar surface area (TPSA) is 52.9 Å². The molecular weight excluding hydrogens is 410 g/mol.